The van der Waals surface area contributed by atoms with Gasteiger partial charge in [-0.05, 0) is 24.3 Å². The molecule has 1 saturated carbocycles. The standard InChI is InChI=1S/C13H12N2O2/c16-11-7-12(17)15-13(14-11)10-4-2-1-3-9(10)8-5-6-8/h1-4,7-8H,5-6H2,(H2,14,15,16,17). The van der Waals surface area contributed by atoms with E-state index < -0.39 is 0 Å². The summed E-state index contributed by atoms with van der Waals surface area (Å²) in [5, 5.41) is 9.37. The molecule has 1 aromatic heterocycles. The van der Waals surface area contributed by atoms with Crippen LogP contribution in [0.15, 0.2) is 35.1 Å². The molecule has 0 saturated heterocycles. The Morgan fingerprint density at radius 3 is 2.76 bits per heavy atom. The fraction of sp³-hybridized carbons (Fsp3) is 0.231. The summed E-state index contributed by atoms with van der Waals surface area (Å²) < 4.78 is 0. The lowest BCUT2D eigenvalue weighted by molar-refractivity contribution is 0.452. The van der Waals surface area contributed by atoms with Crippen molar-refractivity contribution >= 4 is 0 Å². The van der Waals surface area contributed by atoms with Crippen LogP contribution in [0.1, 0.15) is 24.3 Å². The van der Waals surface area contributed by atoms with Crippen molar-refractivity contribution in [3.63, 3.8) is 0 Å². The van der Waals surface area contributed by atoms with Crippen LogP contribution < -0.4 is 5.56 Å². The van der Waals surface area contributed by atoms with Crippen LogP contribution in [-0.2, 0) is 0 Å². The molecule has 0 atom stereocenters. The van der Waals surface area contributed by atoms with E-state index in [1.165, 1.54) is 18.4 Å². The summed E-state index contributed by atoms with van der Waals surface area (Å²) in [5.41, 5.74) is 1.77. The number of aromatic amines is 1. The number of rotatable bonds is 2. The van der Waals surface area contributed by atoms with E-state index in [9.17, 15) is 9.90 Å². The first-order valence-electron chi connectivity index (χ1n) is 5.63. The maximum absolute atomic E-state index is 11.3. The molecule has 1 fully saturated rings. The second-order valence-electron chi connectivity index (χ2n) is 4.31. The van der Waals surface area contributed by atoms with Gasteiger partial charge < -0.3 is 10.1 Å². The van der Waals surface area contributed by atoms with Crippen molar-refractivity contribution < 1.29 is 5.11 Å². The molecule has 0 spiro atoms. The Morgan fingerprint density at radius 2 is 2.06 bits per heavy atom. The molecule has 17 heavy (non-hydrogen) atoms. The number of hydrogen-bond acceptors (Lipinski definition) is 3. The Balaban J connectivity index is 2.17. The van der Waals surface area contributed by atoms with Gasteiger partial charge in [0.05, 0.1) is 6.07 Å². The number of hydrogen-bond donors (Lipinski definition) is 2. The van der Waals surface area contributed by atoms with Gasteiger partial charge in [-0.25, -0.2) is 0 Å². The SMILES string of the molecule is O=c1cc(O)nc(-c2ccccc2C2CC2)[nH]1. The fourth-order valence-corrected chi connectivity index (χ4v) is 2.04. The van der Waals surface area contributed by atoms with Gasteiger partial charge in [0.2, 0.25) is 5.88 Å². The average molecular weight is 228 g/mol. The zero-order chi connectivity index (χ0) is 11.8. The van der Waals surface area contributed by atoms with Gasteiger partial charge in [-0.15, -0.1) is 0 Å². The number of aromatic nitrogens is 2. The van der Waals surface area contributed by atoms with Crippen molar-refractivity contribution in [1.29, 1.82) is 0 Å². The summed E-state index contributed by atoms with van der Waals surface area (Å²) in [5.74, 6) is 0.769. The molecule has 4 nitrogen and oxygen atoms in total. The van der Waals surface area contributed by atoms with E-state index in [0.717, 1.165) is 11.6 Å². The molecule has 3 rings (SSSR count). The molecule has 1 aromatic carbocycles. The van der Waals surface area contributed by atoms with Gasteiger partial charge in [0, 0.05) is 5.56 Å². The molecule has 0 aliphatic heterocycles. The topological polar surface area (TPSA) is 66.0 Å². The fourth-order valence-electron chi connectivity index (χ4n) is 2.04. The van der Waals surface area contributed by atoms with E-state index in [2.05, 4.69) is 16.0 Å². The molecule has 4 heteroatoms. The van der Waals surface area contributed by atoms with E-state index in [-0.39, 0.29) is 11.4 Å². The molecule has 0 bridgehead atoms. The lowest BCUT2D eigenvalue weighted by Crippen LogP contribution is -2.07. The zero-order valence-corrected chi connectivity index (χ0v) is 9.18. The number of nitrogens with one attached hydrogen (secondary N) is 1. The lowest BCUT2D eigenvalue weighted by Gasteiger charge is -2.07. The van der Waals surface area contributed by atoms with E-state index in [1.807, 2.05) is 18.2 Å². The number of nitrogens with zero attached hydrogens (tertiary/aromatic N) is 1. The van der Waals surface area contributed by atoms with Crippen molar-refractivity contribution in [3.8, 4) is 17.3 Å². The highest BCUT2D eigenvalue weighted by Gasteiger charge is 2.26. The molecule has 0 unspecified atom stereocenters. The third kappa shape index (κ3) is 1.93. The molecular formula is C13H12N2O2. The summed E-state index contributed by atoms with van der Waals surface area (Å²) in [7, 11) is 0. The van der Waals surface area contributed by atoms with Crippen LogP contribution in [0.25, 0.3) is 11.4 Å². The van der Waals surface area contributed by atoms with Gasteiger partial charge in [-0.1, -0.05) is 24.3 Å². The number of benzene rings is 1. The Bertz CT molecular complexity index is 615. The molecule has 86 valence electrons. The van der Waals surface area contributed by atoms with E-state index in [1.54, 1.807) is 0 Å². The molecule has 0 amide bonds. The summed E-state index contributed by atoms with van der Waals surface area (Å²) in [6, 6.07) is 8.94. The smallest absolute Gasteiger partial charge is 0.254 e. The minimum atomic E-state index is -0.335. The highest BCUT2D eigenvalue weighted by molar-refractivity contribution is 5.62. The Morgan fingerprint density at radius 1 is 1.29 bits per heavy atom. The predicted molar refractivity (Wildman–Crippen MR) is 63.9 cm³/mol. The molecule has 1 aliphatic carbocycles. The quantitative estimate of drug-likeness (QED) is 0.826. The second kappa shape index (κ2) is 3.73. The van der Waals surface area contributed by atoms with Crippen molar-refractivity contribution in [2.45, 2.75) is 18.8 Å². The minimum absolute atomic E-state index is 0.241. The third-order valence-corrected chi connectivity index (χ3v) is 2.96. The lowest BCUT2D eigenvalue weighted by atomic mass is 10.0. The average Bonchev–Trinajstić information content (AvgIpc) is 3.11. The largest absolute Gasteiger partial charge is 0.493 e. The van der Waals surface area contributed by atoms with Crippen LogP contribution in [0.3, 0.4) is 0 Å². The Labute approximate surface area is 98.0 Å². The monoisotopic (exact) mass is 228 g/mol. The highest BCUT2D eigenvalue weighted by Crippen LogP contribution is 2.43. The Hall–Kier alpha value is -2.10. The highest BCUT2D eigenvalue weighted by atomic mass is 16.3. The molecule has 1 aliphatic rings. The molecule has 2 N–H and O–H groups in total. The Kier molecular flexibility index (Phi) is 2.21. The summed E-state index contributed by atoms with van der Waals surface area (Å²) in [6.45, 7) is 0. The third-order valence-electron chi connectivity index (χ3n) is 2.96. The molecule has 1 heterocycles. The number of aromatic hydroxyl groups is 1. The molecule has 0 radical (unpaired) electrons. The molecular weight excluding hydrogens is 216 g/mol. The summed E-state index contributed by atoms with van der Waals surface area (Å²) in [4.78, 5) is 18.0. The van der Waals surface area contributed by atoms with Crippen LogP contribution in [0, 0.1) is 0 Å². The summed E-state index contributed by atoms with van der Waals surface area (Å²) >= 11 is 0. The van der Waals surface area contributed by atoms with E-state index >= 15 is 0 Å². The molecule has 2 aromatic rings. The van der Waals surface area contributed by atoms with E-state index in [0.29, 0.717) is 11.7 Å². The van der Waals surface area contributed by atoms with Crippen LogP contribution in [0.2, 0.25) is 0 Å². The first kappa shape index (κ1) is 10.1. The van der Waals surface area contributed by atoms with Crippen LogP contribution in [0.4, 0.5) is 0 Å². The van der Waals surface area contributed by atoms with Gasteiger partial charge in [-0.3, -0.25) is 4.79 Å². The van der Waals surface area contributed by atoms with E-state index in [4.69, 9.17) is 0 Å². The van der Waals surface area contributed by atoms with Gasteiger partial charge in [0.25, 0.3) is 5.56 Å². The predicted octanol–water partition coefficient (Wildman–Crippen LogP) is 2.02. The van der Waals surface area contributed by atoms with Gasteiger partial charge in [-0.2, -0.15) is 4.98 Å². The summed E-state index contributed by atoms with van der Waals surface area (Å²) in [6.07, 6.45) is 2.36. The number of H-pyrrole nitrogens is 1. The first-order chi connectivity index (χ1) is 8.24. The normalized spacial score (nSPS) is 14.8. The van der Waals surface area contributed by atoms with Crippen molar-refractivity contribution in [2.75, 3.05) is 0 Å². The van der Waals surface area contributed by atoms with Crippen LogP contribution in [0.5, 0.6) is 5.88 Å². The first-order valence-corrected chi connectivity index (χ1v) is 5.63. The van der Waals surface area contributed by atoms with Gasteiger partial charge >= 0.3 is 0 Å². The van der Waals surface area contributed by atoms with Gasteiger partial charge in [0.15, 0.2) is 0 Å². The van der Waals surface area contributed by atoms with Crippen molar-refractivity contribution in [1.82, 2.24) is 9.97 Å². The van der Waals surface area contributed by atoms with Gasteiger partial charge in [0.1, 0.15) is 5.82 Å². The maximum atomic E-state index is 11.3. The zero-order valence-electron chi connectivity index (χ0n) is 9.18. The van der Waals surface area contributed by atoms with Crippen molar-refractivity contribution in [2.24, 2.45) is 0 Å². The second-order valence-corrected chi connectivity index (χ2v) is 4.31. The minimum Gasteiger partial charge on any atom is -0.493 e. The van der Waals surface area contributed by atoms with Crippen LogP contribution in [-0.4, -0.2) is 15.1 Å². The van der Waals surface area contributed by atoms with Crippen molar-refractivity contribution in [3.05, 3.63) is 46.2 Å². The maximum Gasteiger partial charge on any atom is 0.254 e. The van der Waals surface area contributed by atoms with Crippen LogP contribution >= 0.6 is 0 Å².